The van der Waals surface area contributed by atoms with Gasteiger partial charge in [-0.2, -0.15) is 0 Å². The van der Waals surface area contributed by atoms with Crippen LogP contribution in [-0.4, -0.2) is 17.0 Å². The van der Waals surface area contributed by atoms with Gasteiger partial charge in [0.1, 0.15) is 5.78 Å². The van der Waals surface area contributed by atoms with E-state index >= 15 is 0 Å². The Kier molecular flexibility index (Phi) is 5.38. The third-order valence-corrected chi connectivity index (χ3v) is 3.62. The Labute approximate surface area is 99.9 Å². The van der Waals surface area contributed by atoms with Gasteiger partial charge in [0.05, 0.1) is 16.6 Å². The fourth-order valence-corrected chi connectivity index (χ4v) is 2.56. The van der Waals surface area contributed by atoms with E-state index in [0.29, 0.717) is 23.4 Å². The van der Waals surface area contributed by atoms with Crippen molar-refractivity contribution in [3.63, 3.8) is 0 Å². The van der Waals surface area contributed by atoms with Crippen LogP contribution < -0.4 is 0 Å². The van der Waals surface area contributed by atoms with Crippen LogP contribution in [0.1, 0.15) is 45.4 Å². The van der Waals surface area contributed by atoms with E-state index in [4.69, 9.17) is 4.74 Å². The van der Waals surface area contributed by atoms with Crippen LogP contribution in [0.2, 0.25) is 0 Å². The molecule has 1 fully saturated rings. The largest absolute Gasteiger partial charge is 0.370 e. The highest BCUT2D eigenvalue weighted by Gasteiger charge is 2.38. The fourth-order valence-electron chi connectivity index (χ4n) is 2.34. The molecule has 0 heterocycles. The molecule has 0 atom stereocenters. The van der Waals surface area contributed by atoms with Gasteiger partial charge >= 0.3 is 0 Å². The first-order valence-corrected chi connectivity index (χ1v) is 6.95. The number of rotatable bonds is 5. The summed E-state index contributed by atoms with van der Waals surface area (Å²) in [5.41, 5.74) is -0.127. The minimum atomic E-state index is -0.127. The van der Waals surface area contributed by atoms with Crippen molar-refractivity contribution in [3.05, 3.63) is 0 Å². The number of carbonyl (C=O) groups is 1. The number of halogens is 1. The van der Waals surface area contributed by atoms with Crippen LogP contribution in [0.4, 0.5) is 0 Å². The molecule has 0 radical (unpaired) electrons. The van der Waals surface area contributed by atoms with E-state index in [1.165, 1.54) is 19.3 Å². The number of Topliss-reactive ketones (excluding diaryl/α,β-unsaturated/α-hetero) is 1. The normalized spacial score (nSPS) is 20.7. The lowest BCUT2D eigenvalue weighted by atomic mass is 9.71. The molecule has 0 bridgehead atoms. The highest BCUT2D eigenvalue weighted by molar-refractivity contribution is 14.1. The zero-order valence-electron chi connectivity index (χ0n) is 8.85. The quantitative estimate of drug-likeness (QED) is 0.575. The SMILES string of the molecule is CCC(=O)C1(COCI)CCCCC1. The summed E-state index contributed by atoms with van der Waals surface area (Å²) in [5, 5.41) is 0. The molecule has 1 saturated carbocycles. The van der Waals surface area contributed by atoms with Gasteiger partial charge in [-0.25, -0.2) is 0 Å². The number of ether oxygens (including phenoxy) is 1. The van der Waals surface area contributed by atoms with Crippen LogP contribution in [0.15, 0.2) is 0 Å². The summed E-state index contributed by atoms with van der Waals surface area (Å²) in [6, 6.07) is 0. The van der Waals surface area contributed by atoms with Gasteiger partial charge < -0.3 is 4.74 Å². The van der Waals surface area contributed by atoms with E-state index in [1.54, 1.807) is 0 Å². The smallest absolute Gasteiger partial charge is 0.141 e. The van der Waals surface area contributed by atoms with Crippen LogP contribution >= 0.6 is 22.6 Å². The van der Waals surface area contributed by atoms with Gasteiger partial charge in [-0.1, -0.05) is 48.8 Å². The lowest BCUT2D eigenvalue weighted by Gasteiger charge is -2.35. The topological polar surface area (TPSA) is 26.3 Å². The van der Waals surface area contributed by atoms with Gasteiger partial charge in [0.15, 0.2) is 0 Å². The maximum atomic E-state index is 11.9. The van der Waals surface area contributed by atoms with Crippen molar-refractivity contribution in [1.29, 1.82) is 0 Å². The average Bonchev–Trinajstić information content (AvgIpc) is 2.26. The zero-order chi connectivity index (χ0) is 10.4. The molecule has 0 aromatic rings. The Balaban J connectivity index is 2.61. The highest BCUT2D eigenvalue weighted by Crippen LogP contribution is 2.38. The fraction of sp³-hybridized carbons (Fsp3) is 0.909. The van der Waals surface area contributed by atoms with Crippen LogP contribution in [0, 0.1) is 5.41 Å². The molecule has 14 heavy (non-hydrogen) atoms. The number of ketones is 1. The Morgan fingerprint density at radius 3 is 2.50 bits per heavy atom. The third-order valence-electron chi connectivity index (χ3n) is 3.18. The molecular weight excluding hydrogens is 291 g/mol. The van der Waals surface area contributed by atoms with Gasteiger partial charge in [-0.3, -0.25) is 4.79 Å². The molecule has 0 N–H and O–H groups in total. The summed E-state index contributed by atoms with van der Waals surface area (Å²) in [5.74, 6) is 0.405. The summed E-state index contributed by atoms with van der Waals surface area (Å²) in [7, 11) is 0. The zero-order valence-corrected chi connectivity index (χ0v) is 11.0. The van der Waals surface area contributed by atoms with Crippen molar-refractivity contribution in [3.8, 4) is 0 Å². The minimum absolute atomic E-state index is 0.127. The van der Waals surface area contributed by atoms with Crippen LogP contribution in [0.3, 0.4) is 0 Å². The molecule has 1 aliphatic carbocycles. The van der Waals surface area contributed by atoms with E-state index in [2.05, 4.69) is 22.6 Å². The summed E-state index contributed by atoms with van der Waals surface area (Å²) < 4.78 is 6.16. The molecular formula is C11H19IO2. The third kappa shape index (κ3) is 2.92. The average molecular weight is 310 g/mol. The first-order chi connectivity index (χ1) is 6.75. The molecule has 0 aromatic heterocycles. The maximum Gasteiger partial charge on any atom is 0.141 e. The molecule has 0 amide bonds. The maximum absolute atomic E-state index is 11.9. The second kappa shape index (κ2) is 6.05. The van der Waals surface area contributed by atoms with Crippen molar-refractivity contribution >= 4 is 28.4 Å². The van der Waals surface area contributed by atoms with Crippen molar-refractivity contribution in [1.82, 2.24) is 0 Å². The summed E-state index contributed by atoms with van der Waals surface area (Å²) in [6.45, 7) is 2.60. The summed E-state index contributed by atoms with van der Waals surface area (Å²) >= 11 is 2.19. The Bertz CT molecular complexity index is 186. The lowest BCUT2D eigenvalue weighted by molar-refractivity contribution is -0.134. The van der Waals surface area contributed by atoms with E-state index in [1.807, 2.05) is 6.92 Å². The number of alkyl halides is 1. The first kappa shape index (κ1) is 12.4. The molecule has 2 nitrogen and oxygen atoms in total. The van der Waals surface area contributed by atoms with Crippen LogP contribution in [0.5, 0.6) is 0 Å². The first-order valence-electron chi connectivity index (χ1n) is 5.42. The van der Waals surface area contributed by atoms with Crippen molar-refractivity contribution in [2.45, 2.75) is 45.4 Å². The standard InChI is InChI=1S/C11H19IO2/c1-2-10(13)11(8-14-9-12)6-4-3-5-7-11/h2-9H2,1H3. The van der Waals surface area contributed by atoms with Crippen molar-refractivity contribution < 1.29 is 9.53 Å². The monoisotopic (exact) mass is 310 g/mol. The molecule has 82 valence electrons. The highest BCUT2D eigenvalue weighted by atomic mass is 127. The number of hydrogen-bond donors (Lipinski definition) is 0. The second-order valence-corrected chi connectivity index (χ2v) is 4.70. The predicted octanol–water partition coefficient (Wildman–Crippen LogP) is 3.33. The van der Waals surface area contributed by atoms with Gasteiger partial charge in [-0.15, -0.1) is 0 Å². The van der Waals surface area contributed by atoms with Crippen LogP contribution in [0.25, 0.3) is 0 Å². The Hall–Kier alpha value is 0.360. The van der Waals surface area contributed by atoms with Gasteiger partial charge in [-0.05, 0) is 12.8 Å². The van der Waals surface area contributed by atoms with Gasteiger partial charge in [0.25, 0.3) is 0 Å². The van der Waals surface area contributed by atoms with Crippen molar-refractivity contribution in [2.24, 2.45) is 5.41 Å². The minimum Gasteiger partial charge on any atom is -0.370 e. The van der Waals surface area contributed by atoms with Gasteiger partial charge in [0, 0.05) is 6.42 Å². The van der Waals surface area contributed by atoms with Crippen molar-refractivity contribution in [2.75, 3.05) is 11.2 Å². The molecule has 3 heteroatoms. The van der Waals surface area contributed by atoms with E-state index < -0.39 is 0 Å². The molecule has 1 aliphatic rings. The summed E-state index contributed by atoms with van der Waals surface area (Å²) in [4.78, 5) is 11.9. The Morgan fingerprint density at radius 2 is 2.00 bits per heavy atom. The molecule has 0 aromatic carbocycles. The van der Waals surface area contributed by atoms with E-state index in [-0.39, 0.29) is 5.41 Å². The number of hydrogen-bond acceptors (Lipinski definition) is 2. The lowest BCUT2D eigenvalue weighted by Crippen LogP contribution is -2.37. The van der Waals surface area contributed by atoms with Crippen LogP contribution in [-0.2, 0) is 9.53 Å². The van der Waals surface area contributed by atoms with Gasteiger partial charge in [0.2, 0.25) is 0 Å². The second-order valence-electron chi connectivity index (χ2n) is 4.08. The Morgan fingerprint density at radius 1 is 1.36 bits per heavy atom. The molecule has 0 aliphatic heterocycles. The molecule has 0 saturated heterocycles. The number of carbonyl (C=O) groups excluding carboxylic acids is 1. The van der Waals surface area contributed by atoms with E-state index in [0.717, 1.165) is 12.8 Å². The molecule has 1 rings (SSSR count). The molecule has 0 unspecified atom stereocenters. The van der Waals surface area contributed by atoms with E-state index in [9.17, 15) is 4.79 Å². The molecule has 0 spiro atoms. The predicted molar refractivity (Wildman–Crippen MR) is 65.7 cm³/mol. The summed E-state index contributed by atoms with van der Waals surface area (Å²) in [6.07, 6.45) is 6.40.